The molecule has 2 aromatic heterocycles. The van der Waals surface area contributed by atoms with Gasteiger partial charge < -0.3 is 5.32 Å². The molecular weight excluding hydrogens is 409 g/mol. The molecule has 6 nitrogen and oxygen atoms in total. The average Bonchev–Trinajstić information content (AvgIpc) is 3.20. The van der Waals surface area contributed by atoms with Gasteiger partial charge in [-0.05, 0) is 42.5 Å². The van der Waals surface area contributed by atoms with E-state index in [1.807, 2.05) is 12.1 Å². The van der Waals surface area contributed by atoms with Crippen LogP contribution in [0.1, 0.15) is 10.4 Å². The predicted molar refractivity (Wildman–Crippen MR) is 105 cm³/mol. The van der Waals surface area contributed by atoms with Crippen molar-refractivity contribution in [3.8, 4) is 0 Å². The number of anilines is 2. The van der Waals surface area contributed by atoms with Crippen molar-refractivity contribution < 1.29 is 9.18 Å². The Morgan fingerprint density at radius 2 is 2.04 bits per heavy atom. The lowest BCUT2D eigenvalue weighted by Crippen LogP contribution is -2.03. The van der Waals surface area contributed by atoms with E-state index in [0.717, 1.165) is 5.69 Å². The van der Waals surface area contributed by atoms with Crippen molar-refractivity contribution in [3.63, 3.8) is 0 Å². The molecule has 0 saturated carbocycles. The number of nitrogens with one attached hydrogen (secondary N) is 1. The SMILES string of the molecule is O=C(CSc1nnc2sc(Nc3cccc(Cl)c3)nn12)c1ccc(F)cc1. The molecule has 0 spiro atoms. The number of halogens is 2. The summed E-state index contributed by atoms with van der Waals surface area (Å²) in [6.45, 7) is 0. The van der Waals surface area contributed by atoms with E-state index in [4.69, 9.17) is 11.6 Å². The summed E-state index contributed by atoms with van der Waals surface area (Å²) in [6, 6.07) is 12.8. The molecule has 0 aliphatic heterocycles. The van der Waals surface area contributed by atoms with Crippen LogP contribution in [0.15, 0.2) is 53.7 Å². The highest BCUT2D eigenvalue weighted by atomic mass is 35.5. The Morgan fingerprint density at radius 1 is 1.22 bits per heavy atom. The van der Waals surface area contributed by atoms with Gasteiger partial charge in [-0.15, -0.1) is 15.3 Å². The molecule has 136 valence electrons. The van der Waals surface area contributed by atoms with E-state index in [9.17, 15) is 9.18 Å². The van der Waals surface area contributed by atoms with Crippen molar-refractivity contribution >= 4 is 56.3 Å². The van der Waals surface area contributed by atoms with Gasteiger partial charge in [0.15, 0.2) is 5.78 Å². The quantitative estimate of drug-likeness (QED) is 0.361. The number of hydrogen-bond acceptors (Lipinski definition) is 7. The molecule has 0 unspecified atom stereocenters. The largest absolute Gasteiger partial charge is 0.330 e. The van der Waals surface area contributed by atoms with Crippen molar-refractivity contribution in [1.82, 2.24) is 19.8 Å². The molecule has 0 fully saturated rings. The van der Waals surface area contributed by atoms with Gasteiger partial charge in [-0.25, -0.2) is 4.39 Å². The molecule has 0 radical (unpaired) electrons. The van der Waals surface area contributed by atoms with E-state index in [2.05, 4.69) is 20.6 Å². The summed E-state index contributed by atoms with van der Waals surface area (Å²) in [5.41, 5.74) is 1.26. The van der Waals surface area contributed by atoms with E-state index in [1.54, 1.807) is 16.6 Å². The van der Waals surface area contributed by atoms with Gasteiger partial charge in [-0.3, -0.25) is 4.79 Å². The lowest BCUT2D eigenvalue weighted by molar-refractivity contribution is 0.102. The predicted octanol–water partition coefficient (Wildman–Crippen LogP) is 4.70. The van der Waals surface area contributed by atoms with Gasteiger partial charge in [0, 0.05) is 16.3 Å². The molecule has 2 heterocycles. The third-order valence-electron chi connectivity index (χ3n) is 3.54. The molecule has 10 heteroatoms. The maximum absolute atomic E-state index is 13.0. The summed E-state index contributed by atoms with van der Waals surface area (Å²) in [5.74, 6) is -0.342. The first-order valence-corrected chi connectivity index (χ1v) is 9.93. The van der Waals surface area contributed by atoms with Crippen molar-refractivity contribution in [1.29, 1.82) is 0 Å². The first-order valence-electron chi connectivity index (χ1n) is 7.75. The Labute approximate surface area is 166 Å². The van der Waals surface area contributed by atoms with Gasteiger partial charge in [-0.1, -0.05) is 40.8 Å². The zero-order valence-corrected chi connectivity index (χ0v) is 16.0. The lowest BCUT2D eigenvalue weighted by atomic mass is 10.1. The number of carbonyl (C=O) groups excluding carboxylic acids is 1. The molecule has 0 bridgehead atoms. The zero-order chi connectivity index (χ0) is 18.8. The molecule has 0 aliphatic rings. The van der Waals surface area contributed by atoms with Crippen LogP contribution in [0.3, 0.4) is 0 Å². The number of nitrogens with zero attached hydrogens (tertiary/aromatic N) is 4. The van der Waals surface area contributed by atoms with Crippen LogP contribution in [-0.4, -0.2) is 31.3 Å². The van der Waals surface area contributed by atoms with Gasteiger partial charge in [-0.2, -0.15) is 4.52 Å². The first kappa shape index (κ1) is 17.9. The summed E-state index contributed by atoms with van der Waals surface area (Å²) >= 11 is 8.55. The number of hydrogen-bond donors (Lipinski definition) is 1. The highest BCUT2D eigenvalue weighted by Crippen LogP contribution is 2.27. The number of thioether (sulfide) groups is 1. The molecule has 0 amide bonds. The van der Waals surface area contributed by atoms with Gasteiger partial charge in [0.1, 0.15) is 5.82 Å². The Hall–Kier alpha value is -2.49. The number of fused-ring (bicyclic) bond motifs is 1. The summed E-state index contributed by atoms with van der Waals surface area (Å²) < 4.78 is 14.5. The van der Waals surface area contributed by atoms with Gasteiger partial charge in [0.2, 0.25) is 15.2 Å². The second-order valence-corrected chi connectivity index (χ2v) is 7.77. The Bertz CT molecular complexity index is 1110. The molecular formula is C17H11ClFN5OS2. The second kappa shape index (κ2) is 7.63. The topological polar surface area (TPSA) is 72.2 Å². The molecule has 0 aliphatic carbocycles. The Morgan fingerprint density at radius 3 is 2.81 bits per heavy atom. The number of Topliss-reactive ketones (excluding diaryl/α,β-unsaturated/α-hetero) is 1. The Balaban J connectivity index is 1.47. The van der Waals surface area contributed by atoms with Crippen LogP contribution in [0.2, 0.25) is 5.02 Å². The maximum atomic E-state index is 13.0. The van der Waals surface area contributed by atoms with Crippen LogP contribution in [0, 0.1) is 5.82 Å². The third kappa shape index (κ3) is 4.10. The van der Waals surface area contributed by atoms with Gasteiger partial charge >= 0.3 is 0 Å². The van der Waals surface area contributed by atoms with Crippen LogP contribution in [-0.2, 0) is 0 Å². The van der Waals surface area contributed by atoms with Crippen LogP contribution >= 0.6 is 34.7 Å². The molecule has 27 heavy (non-hydrogen) atoms. The molecule has 4 aromatic rings. The molecule has 1 N–H and O–H groups in total. The molecule has 4 rings (SSSR count). The highest BCUT2D eigenvalue weighted by molar-refractivity contribution is 7.99. The number of benzene rings is 2. The fraction of sp³-hybridized carbons (Fsp3) is 0.0588. The minimum absolute atomic E-state index is 0.121. The zero-order valence-electron chi connectivity index (χ0n) is 13.6. The minimum atomic E-state index is -0.374. The summed E-state index contributed by atoms with van der Waals surface area (Å²) in [6.07, 6.45) is 0. The fourth-order valence-electron chi connectivity index (χ4n) is 2.28. The maximum Gasteiger partial charge on any atom is 0.237 e. The average molecular weight is 420 g/mol. The minimum Gasteiger partial charge on any atom is -0.330 e. The highest BCUT2D eigenvalue weighted by Gasteiger charge is 2.15. The monoisotopic (exact) mass is 419 g/mol. The first-order chi connectivity index (χ1) is 13.1. The summed E-state index contributed by atoms with van der Waals surface area (Å²) in [4.78, 5) is 12.8. The Kier molecular flexibility index (Phi) is 5.06. The standard InChI is InChI=1S/C17H11ClFN5OS2/c18-11-2-1-3-13(8-11)20-15-23-24-16(21-22-17(24)27-15)26-9-14(25)10-4-6-12(19)7-5-10/h1-8H,9H2,(H,20,23). The van der Waals surface area contributed by atoms with Gasteiger partial charge in [0.25, 0.3) is 0 Å². The number of aromatic nitrogens is 4. The number of ketones is 1. The number of rotatable bonds is 6. The van der Waals surface area contributed by atoms with Crippen LogP contribution in [0.5, 0.6) is 0 Å². The van der Waals surface area contributed by atoms with Gasteiger partial charge in [0.05, 0.1) is 5.75 Å². The van der Waals surface area contributed by atoms with Crippen LogP contribution in [0.4, 0.5) is 15.2 Å². The molecule has 2 aromatic carbocycles. The van der Waals surface area contributed by atoms with Crippen molar-refractivity contribution in [2.45, 2.75) is 5.16 Å². The second-order valence-electron chi connectivity index (χ2n) is 5.44. The normalized spacial score (nSPS) is 11.0. The van der Waals surface area contributed by atoms with Crippen LogP contribution < -0.4 is 5.32 Å². The van der Waals surface area contributed by atoms with Crippen LogP contribution in [0.25, 0.3) is 4.96 Å². The van der Waals surface area contributed by atoms with E-state index in [0.29, 0.717) is 25.8 Å². The smallest absolute Gasteiger partial charge is 0.237 e. The fourth-order valence-corrected chi connectivity index (χ4v) is 4.06. The van der Waals surface area contributed by atoms with E-state index in [-0.39, 0.29) is 17.4 Å². The molecule has 0 atom stereocenters. The van der Waals surface area contributed by atoms with E-state index in [1.165, 1.54) is 47.4 Å². The van der Waals surface area contributed by atoms with Crippen molar-refractivity contribution in [3.05, 3.63) is 64.9 Å². The van der Waals surface area contributed by atoms with E-state index < -0.39 is 0 Å². The molecule has 0 saturated heterocycles. The number of carbonyl (C=O) groups is 1. The van der Waals surface area contributed by atoms with E-state index >= 15 is 0 Å². The summed E-state index contributed by atoms with van der Waals surface area (Å²) in [7, 11) is 0. The lowest BCUT2D eigenvalue weighted by Gasteiger charge is -2.01. The van der Waals surface area contributed by atoms with Crippen molar-refractivity contribution in [2.75, 3.05) is 11.1 Å². The summed E-state index contributed by atoms with van der Waals surface area (Å²) in [5, 5.41) is 17.5. The van der Waals surface area contributed by atoms with Crippen molar-refractivity contribution in [2.24, 2.45) is 0 Å². The third-order valence-corrected chi connectivity index (χ3v) is 5.51.